The van der Waals surface area contributed by atoms with E-state index in [-0.39, 0.29) is 11.9 Å². The molecule has 0 bridgehead atoms. The molecule has 1 unspecified atom stereocenters. The molecule has 2 heterocycles. The lowest BCUT2D eigenvalue weighted by Crippen LogP contribution is -2.42. The van der Waals surface area contributed by atoms with Gasteiger partial charge in [0.25, 0.3) is 5.89 Å². The lowest BCUT2D eigenvalue weighted by molar-refractivity contribution is -0.0539. The summed E-state index contributed by atoms with van der Waals surface area (Å²) >= 11 is 0. The SMILES string of the molecule is CC(C)N1CCOC(c2nc(-c3ccc(F)c(F)c3)no2)C1. The molecule has 1 aromatic carbocycles. The van der Waals surface area contributed by atoms with Gasteiger partial charge in [0, 0.05) is 24.7 Å². The van der Waals surface area contributed by atoms with Crippen molar-refractivity contribution in [2.45, 2.75) is 26.0 Å². The zero-order valence-corrected chi connectivity index (χ0v) is 12.4. The van der Waals surface area contributed by atoms with E-state index in [2.05, 4.69) is 28.9 Å². The van der Waals surface area contributed by atoms with Crippen molar-refractivity contribution in [3.05, 3.63) is 35.7 Å². The highest BCUT2D eigenvalue weighted by atomic mass is 19.2. The van der Waals surface area contributed by atoms with E-state index in [1.807, 2.05) is 0 Å². The molecule has 0 spiro atoms. The van der Waals surface area contributed by atoms with Crippen LogP contribution in [-0.2, 0) is 4.74 Å². The summed E-state index contributed by atoms with van der Waals surface area (Å²) in [6, 6.07) is 3.90. The van der Waals surface area contributed by atoms with Gasteiger partial charge in [-0.3, -0.25) is 4.90 Å². The Kier molecular flexibility index (Phi) is 4.17. The third-order valence-electron chi connectivity index (χ3n) is 3.72. The summed E-state index contributed by atoms with van der Waals surface area (Å²) in [5.41, 5.74) is 0.366. The van der Waals surface area contributed by atoms with Gasteiger partial charge < -0.3 is 9.26 Å². The van der Waals surface area contributed by atoms with Gasteiger partial charge in [-0.2, -0.15) is 4.98 Å². The second-order valence-electron chi connectivity index (χ2n) is 5.53. The molecular formula is C15H17F2N3O2. The molecule has 0 saturated carbocycles. The van der Waals surface area contributed by atoms with Crippen molar-refractivity contribution in [2.24, 2.45) is 0 Å². The largest absolute Gasteiger partial charge is 0.366 e. The highest BCUT2D eigenvalue weighted by molar-refractivity contribution is 5.54. The smallest absolute Gasteiger partial charge is 0.257 e. The maximum absolute atomic E-state index is 13.3. The van der Waals surface area contributed by atoms with E-state index in [0.717, 1.165) is 18.7 Å². The number of aromatic nitrogens is 2. The van der Waals surface area contributed by atoms with Gasteiger partial charge in [-0.05, 0) is 32.0 Å². The molecule has 1 fully saturated rings. The molecule has 1 atom stereocenters. The zero-order valence-electron chi connectivity index (χ0n) is 12.4. The van der Waals surface area contributed by atoms with Gasteiger partial charge in [-0.15, -0.1) is 0 Å². The highest BCUT2D eigenvalue weighted by Crippen LogP contribution is 2.25. The summed E-state index contributed by atoms with van der Waals surface area (Å²) in [6.07, 6.45) is -0.303. The Morgan fingerprint density at radius 2 is 2.09 bits per heavy atom. The Hall–Kier alpha value is -1.86. The van der Waals surface area contributed by atoms with Crippen LogP contribution in [0.1, 0.15) is 25.8 Å². The Morgan fingerprint density at radius 3 is 2.82 bits per heavy atom. The van der Waals surface area contributed by atoms with Gasteiger partial charge in [0.1, 0.15) is 6.10 Å². The van der Waals surface area contributed by atoms with Gasteiger partial charge >= 0.3 is 0 Å². The number of halogens is 2. The lowest BCUT2D eigenvalue weighted by Gasteiger charge is -2.33. The Morgan fingerprint density at radius 1 is 1.27 bits per heavy atom. The molecular weight excluding hydrogens is 292 g/mol. The van der Waals surface area contributed by atoms with Crippen molar-refractivity contribution in [1.29, 1.82) is 0 Å². The van der Waals surface area contributed by atoms with Crippen LogP contribution in [0.3, 0.4) is 0 Å². The predicted octanol–water partition coefficient (Wildman–Crippen LogP) is 2.80. The van der Waals surface area contributed by atoms with Crippen LogP contribution < -0.4 is 0 Å². The van der Waals surface area contributed by atoms with E-state index >= 15 is 0 Å². The Balaban J connectivity index is 1.79. The first-order chi connectivity index (χ1) is 10.5. The molecule has 1 saturated heterocycles. The van der Waals surface area contributed by atoms with Crippen LogP contribution in [0.25, 0.3) is 11.4 Å². The minimum atomic E-state index is -0.941. The molecule has 1 aromatic heterocycles. The number of rotatable bonds is 3. The van der Waals surface area contributed by atoms with Crippen LogP contribution in [0.5, 0.6) is 0 Å². The van der Waals surface area contributed by atoms with Crippen LogP contribution >= 0.6 is 0 Å². The minimum Gasteiger partial charge on any atom is -0.366 e. The van der Waals surface area contributed by atoms with Gasteiger partial charge in [0.05, 0.1) is 6.61 Å². The summed E-state index contributed by atoms with van der Waals surface area (Å²) in [6.45, 7) is 6.34. The molecule has 0 radical (unpaired) electrons. The molecule has 2 aromatic rings. The second-order valence-corrected chi connectivity index (χ2v) is 5.53. The number of nitrogens with zero attached hydrogens (tertiary/aromatic N) is 3. The molecule has 0 amide bonds. The molecule has 118 valence electrons. The molecule has 3 rings (SSSR count). The van der Waals surface area contributed by atoms with E-state index in [0.29, 0.717) is 30.6 Å². The van der Waals surface area contributed by atoms with Gasteiger partial charge in [0.15, 0.2) is 11.6 Å². The Labute approximate surface area is 126 Å². The second kappa shape index (κ2) is 6.10. The summed E-state index contributed by atoms with van der Waals surface area (Å²) in [7, 11) is 0. The highest BCUT2D eigenvalue weighted by Gasteiger charge is 2.28. The number of hydrogen-bond donors (Lipinski definition) is 0. The van der Waals surface area contributed by atoms with Crippen molar-refractivity contribution < 1.29 is 18.0 Å². The number of benzene rings is 1. The average Bonchev–Trinajstić information content (AvgIpc) is 3.00. The van der Waals surface area contributed by atoms with E-state index in [1.54, 1.807) is 0 Å². The first kappa shape index (κ1) is 15.1. The van der Waals surface area contributed by atoms with Gasteiger partial charge in [-0.1, -0.05) is 5.16 Å². The fourth-order valence-corrected chi connectivity index (χ4v) is 2.41. The van der Waals surface area contributed by atoms with Crippen LogP contribution in [-0.4, -0.2) is 40.8 Å². The van der Waals surface area contributed by atoms with Crippen molar-refractivity contribution in [3.63, 3.8) is 0 Å². The third-order valence-corrected chi connectivity index (χ3v) is 3.72. The summed E-state index contributed by atoms with van der Waals surface area (Å²) in [4.78, 5) is 6.51. The molecule has 0 aliphatic carbocycles. The fourth-order valence-electron chi connectivity index (χ4n) is 2.41. The standard InChI is InChI=1S/C15H17F2N3O2/c1-9(2)20-5-6-21-13(8-20)15-18-14(19-22-15)10-3-4-11(16)12(17)7-10/h3-4,7,9,13H,5-6,8H2,1-2H3. The van der Waals surface area contributed by atoms with Crippen LogP contribution in [0.2, 0.25) is 0 Å². The normalized spacial score (nSPS) is 19.8. The third kappa shape index (κ3) is 3.00. The molecule has 7 heteroatoms. The maximum atomic E-state index is 13.3. The summed E-state index contributed by atoms with van der Waals surface area (Å²) in [5.74, 6) is -1.27. The van der Waals surface area contributed by atoms with Crippen molar-refractivity contribution in [3.8, 4) is 11.4 Å². The monoisotopic (exact) mass is 309 g/mol. The number of hydrogen-bond acceptors (Lipinski definition) is 5. The topological polar surface area (TPSA) is 51.4 Å². The molecule has 22 heavy (non-hydrogen) atoms. The quantitative estimate of drug-likeness (QED) is 0.872. The summed E-state index contributed by atoms with van der Waals surface area (Å²) < 4.78 is 37.1. The number of ether oxygens (including phenoxy) is 1. The average molecular weight is 309 g/mol. The molecule has 1 aliphatic rings. The van der Waals surface area contributed by atoms with Crippen molar-refractivity contribution in [1.82, 2.24) is 15.0 Å². The minimum absolute atomic E-state index is 0.221. The molecule has 1 aliphatic heterocycles. The molecule has 0 N–H and O–H groups in total. The summed E-state index contributed by atoms with van der Waals surface area (Å²) in [5, 5.41) is 3.83. The Bertz CT molecular complexity index is 660. The van der Waals surface area contributed by atoms with E-state index < -0.39 is 11.6 Å². The van der Waals surface area contributed by atoms with E-state index in [9.17, 15) is 8.78 Å². The van der Waals surface area contributed by atoms with Crippen molar-refractivity contribution in [2.75, 3.05) is 19.7 Å². The van der Waals surface area contributed by atoms with Crippen LogP contribution in [0.15, 0.2) is 22.7 Å². The number of morpholine rings is 1. The first-order valence-corrected chi connectivity index (χ1v) is 7.19. The van der Waals surface area contributed by atoms with E-state index in [4.69, 9.17) is 9.26 Å². The van der Waals surface area contributed by atoms with Crippen molar-refractivity contribution >= 4 is 0 Å². The van der Waals surface area contributed by atoms with Crippen LogP contribution in [0.4, 0.5) is 8.78 Å². The van der Waals surface area contributed by atoms with E-state index in [1.165, 1.54) is 6.07 Å². The zero-order chi connectivity index (χ0) is 15.7. The lowest BCUT2D eigenvalue weighted by atomic mass is 10.2. The van der Waals surface area contributed by atoms with Crippen LogP contribution in [0, 0.1) is 11.6 Å². The fraction of sp³-hybridized carbons (Fsp3) is 0.467. The van der Waals surface area contributed by atoms with Gasteiger partial charge in [0.2, 0.25) is 5.82 Å². The first-order valence-electron chi connectivity index (χ1n) is 7.19. The molecule has 5 nitrogen and oxygen atoms in total. The van der Waals surface area contributed by atoms with Gasteiger partial charge in [-0.25, -0.2) is 8.78 Å². The maximum Gasteiger partial charge on any atom is 0.257 e. The predicted molar refractivity (Wildman–Crippen MR) is 75.1 cm³/mol.